The minimum Gasteiger partial charge on any atom is -0.369 e. The number of pyridine rings is 1. The van der Waals surface area contributed by atoms with Crippen molar-refractivity contribution < 1.29 is 9.32 Å². The normalized spacial score (nSPS) is 22.2. The molecule has 1 amide bonds. The SMILES string of the molecule is C[C@@H]1CCN(C(=O)c2ccno2)CC1N(C)c1ccnc2c1C=CCC2. The van der Waals surface area contributed by atoms with E-state index in [0.29, 0.717) is 18.2 Å². The first-order valence-corrected chi connectivity index (χ1v) is 9.22. The number of aromatic nitrogens is 2. The van der Waals surface area contributed by atoms with Gasteiger partial charge in [-0.25, -0.2) is 0 Å². The number of hydrogen-bond acceptors (Lipinski definition) is 5. The minimum absolute atomic E-state index is 0.0792. The van der Waals surface area contributed by atoms with E-state index >= 15 is 0 Å². The van der Waals surface area contributed by atoms with E-state index in [4.69, 9.17) is 4.52 Å². The number of likely N-dealkylation sites (tertiary alicyclic amines) is 1. The lowest BCUT2D eigenvalue weighted by atomic mass is 9.91. The number of piperidine rings is 1. The van der Waals surface area contributed by atoms with Gasteiger partial charge < -0.3 is 14.3 Å². The summed E-state index contributed by atoms with van der Waals surface area (Å²) in [5.74, 6) is 0.727. The Kier molecular flexibility index (Phi) is 4.49. The molecular formula is C20H24N4O2. The van der Waals surface area contributed by atoms with Crippen molar-refractivity contribution in [3.8, 4) is 0 Å². The van der Waals surface area contributed by atoms with E-state index in [2.05, 4.69) is 47.2 Å². The molecule has 1 unspecified atom stereocenters. The highest BCUT2D eigenvalue weighted by Gasteiger charge is 2.33. The van der Waals surface area contributed by atoms with Crippen molar-refractivity contribution in [1.82, 2.24) is 15.0 Å². The van der Waals surface area contributed by atoms with Crippen molar-refractivity contribution in [2.45, 2.75) is 32.2 Å². The van der Waals surface area contributed by atoms with E-state index in [1.807, 2.05) is 11.1 Å². The second kappa shape index (κ2) is 6.94. The Balaban J connectivity index is 1.58. The Morgan fingerprint density at radius 2 is 2.23 bits per heavy atom. The third kappa shape index (κ3) is 3.00. The van der Waals surface area contributed by atoms with Crippen LogP contribution in [0.5, 0.6) is 0 Å². The topological polar surface area (TPSA) is 62.5 Å². The van der Waals surface area contributed by atoms with E-state index in [-0.39, 0.29) is 11.9 Å². The molecule has 0 aromatic carbocycles. The lowest BCUT2D eigenvalue weighted by Gasteiger charge is -2.43. The maximum absolute atomic E-state index is 12.7. The number of fused-ring (bicyclic) bond motifs is 1. The highest BCUT2D eigenvalue weighted by Crippen LogP contribution is 2.32. The zero-order chi connectivity index (χ0) is 18.1. The van der Waals surface area contributed by atoms with Gasteiger partial charge in [0.1, 0.15) is 0 Å². The first kappa shape index (κ1) is 16.8. The van der Waals surface area contributed by atoms with Crippen LogP contribution in [0.2, 0.25) is 0 Å². The van der Waals surface area contributed by atoms with Crippen LogP contribution in [-0.2, 0) is 6.42 Å². The van der Waals surface area contributed by atoms with Gasteiger partial charge in [-0.1, -0.05) is 24.2 Å². The summed E-state index contributed by atoms with van der Waals surface area (Å²) in [5, 5.41) is 3.66. The molecule has 1 fully saturated rings. The van der Waals surface area contributed by atoms with E-state index in [1.165, 1.54) is 17.4 Å². The van der Waals surface area contributed by atoms with Gasteiger partial charge in [0, 0.05) is 55.4 Å². The number of carbonyl (C=O) groups is 1. The van der Waals surface area contributed by atoms with Gasteiger partial charge in [-0.3, -0.25) is 9.78 Å². The molecule has 0 N–H and O–H groups in total. The molecule has 0 bridgehead atoms. The Labute approximate surface area is 153 Å². The second-order valence-electron chi connectivity index (χ2n) is 7.20. The summed E-state index contributed by atoms with van der Waals surface area (Å²) in [6.07, 6.45) is 10.8. The first-order valence-electron chi connectivity index (χ1n) is 9.22. The average Bonchev–Trinajstić information content (AvgIpc) is 3.21. The summed E-state index contributed by atoms with van der Waals surface area (Å²) in [4.78, 5) is 21.4. The second-order valence-corrected chi connectivity index (χ2v) is 7.20. The first-order chi connectivity index (χ1) is 12.6. The van der Waals surface area contributed by atoms with Crippen LogP contribution in [-0.4, -0.2) is 47.1 Å². The van der Waals surface area contributed by atoms with Gasteiger partial charge in [0.25, 0.3) is 5.91 Å². The van der Waals surface area contributed by atoms with Gasteiger partial charge in [-0.05, 0) is 31.2 Å². The lowest BCUT2D eigenvalue weighted by molar-refractivity contribution is 0.0628. The van der Waals surface area contributed by atoms with Crippen molar-refractivity contribution in [3.05, 3.63) is 47.6 Å². The van der Waals surface area contributed by atoms with Crippen molar-refractivity contribution in [2.75, 3.05) is 25.0 Å². The molecule has 6 nitrogen and oxygen atoms in total. The van der Waals surface area contributed by atoms with E-state index in [0.717, 1.165) is 31.5 Å². The summed E-state index contributed by atoms with van der Waals surface area (Å²) in [6.45, 7) is 3.69. The number of aryl methyl sites for hydroxylation is 1. The molecular weight excluding hydrogens is 328 g/mol. The third-order valence-corrected chi connectivity index (χ3v) is 5.61. The molecule has 1 saturated heterocycles. The number of allylic oxidation sites excluding steroid dienone is 1. The van der Waals surface area contributed by atoms with E-state index in [9.17, 15) is 4.79 Å². The van der Waals surface area contributed by atoms with Crippen molar-refractivity contribution in [2.24, 2.45) is 5.92 Å². The van der Waals surface area contributed by atoms with Crippen molar-refractivity contribution >= 4 is 17.7 Å². The highest BCUT2D eigenvalue weighted by molar-refractivity contribution is 5.91. The van der Waals surface area contributed by atoms with Crippen LogP contribution in [0.4, 0.5) is 5.69 Å². The molecule has 4 rings (SSSR count). The van der Waals surface area contributed by atoms with Gasteiger partial charge in [-0.2, -0.15) is 0 Å². The predicted octanol–water partition coefficient (Wildman–Crippen LogP) is 3.02. The number of nitrogens with zero attached hydrogens (tertiary/aromatic N) is 4. The fourth-order valence-electron chi connectivity index (χ4n) is 4.01. The van der Waals surface area contributed by atoms with Crippen LogP contribution in [0.15, 0.2) is 35.1 Å². The molecule has 0 spiro atoms. The number of anilines is 1. The van der Waals surface area contributed by atoms with Crippen LogP contribution < -0.4 is 4.90 Å². The molecule has 3 heterocycles. The molecule has 0 radical (unpaired) electrons. The van der Waals surface area contributed by atoms with Crippen molar-refractivity contribution in [1.29, 1.82) is 0 Å². The quantitative estimate of drug-likeness (QED) is 0.850. The molecule has 2 atom stereocenters. The molecule has 2 aromatic heterocycles. The standard InChI is InChI=1S/C20H24N4O2/c1-14-9-12-24(20(25)19-8-11-22-26-19)13-18(14)23(2)17-7-10-21-16-6-4-3-5-15(16)17/h3,5,7-8,10-11,14,18H,4,6,9,12-13H2,1-2H3/t14-,18?/m1/s1. The van der Waals surface area contributed by atoms with Gasteiger partial charge in [0.2, 0.25) is 5.76 Å². The van der Waals surface area contributed by atoms with Crippen LogP contribution >= 0.6 is 0 Å². The minimum atomic E-state index is -0.0792. The maximum atomic E-state index is 12.7. The number of carbonyl (C=O) groups excluding carboxylic acids is 1. The lowest BCUT2D eigenvalue weighted by Crippen LogP contribution is -2.52. The summed E-state index contributed by atoms with van der Waals surface area (Å²) in [6, 6.07) is 3.96. The average molecular weight is 352 g/mol. The third-order valence-electron chi connectivity index (χ3n) is 5.61. The monoisotopic (exact) mass is 352 g/mol. The number of hydrogen-bond donors (Lipinski definition) is 0. The zero-order valence-electron chi connectivity index (χ0n) is 15.3. The zero-order valence-corrected chi connectivity index (χ0v) is 15.3. The van der Waals surface area contributed by atoms with Crippen LogP contribution in [0, 0.1) is 5.92 Å². The molecule has 1 aliphatic heterocycles. The Morgan fingerprint density at radius 3 is 3.04 bits per heavy atom. The Morgan fingerprint density at radius 1 is 1.35 bits per heavy atom. The Hall–Kier alpha value is -2.63. The fourth-order valence-corrected chi connectivity index (χ4v) is 4.01. The van der Waals surface area contributed by atoms with Crippen LogP contribution in [0.3, 0.4) is 0 Å². The molecule has 6 heteroatoms. The molecule has 2 aliphatic rings. The van der Waals surface area contributed by atoms with Crippen molar-refractivity contribution in [3.63, 3.8) is 0 Å². The Bertz CT molecular complexity index is 815. The van der Waals surface area contributed by atoms with E-state index in [1.54, 1.807) is 6.07 Å². The van der Waals surface area contributed by atoms with Gasteiger partial charge in [-0.15, -0.1) is 0 Å². The summed E-state index contributed by atoms with van der Waals surface area (Å²) in [7, 11) is 2.13. The molecule has 0 saturated carbocycles. The van der Waals surface area contributed by atoms with Crippen LogP contribution in [0.25, 0.3) is 6.08 Å². The number of rotatable bonds is 3. The molecule has 1 aliphatic carbocycles. The van der Waals surface area contributed by atoms with E-state index < -0.39 is 0 Å². The fraction of sp³-hybridized carbons (Fsp3) is 0.450. The van der Waals surface area contributed by atoms with Gasteiger partial charge >= 0.3 is 0 Å². The molecule has 2 aromatic rings. The maximum Gasteiger partial charge on any atom is 0.292 e. The molecule has 26 heavy (non-hydrogen) atoms. The summed E-state index contributed by atoms with van der Waals surface area (Å²) in [5.41, 5.74) is 3.57. The number of amides is 1. The van der Waals surface area contributed by atoms with Gasteiger partial charge in [0.15, 0.2) is 0 Å². The smallest absolute Gasteiger partial charge is 0.292 e. The molecule has 136 valence electrons. The van der Waals surface area contributed by atoms with Crippen LogP contribution in [0.1, 0.15) is 41.6 Å². The highest BCUT2D eigenvalue weighted by atomic mass is 16.5. The summed E-state index contributed by atoms with van der Waals surface area (Å²) < 4.78 is 5.06. The number of likely N-dealkylation sites (N-methyl/N-ethyl adjacent to an activating group) is 1. The predicted molar refractivity (Wildman–Crippen MR) is 100.0 cm³/mol. The summed E-state index contributed by atoms with van der Waals surface area (Å²) >= 11 is 0. The van der Waals surface area contributed by atoms with Gasteiger partial charge in [0.05, 0.1) is 6.20 Å². The largest absolute Gasteiger partial charge is 0.369 e.